The lowest BCUT2D eigenvalue weighted by molar-refractivity contribution is 0.317. The van der Waals surface area contributed by atoms with Crippen LogP contribution in [-0.2, 0) is 8.85 Å². The molecule has 0 heterocycles. The Kier molecular flexibility index (Phi) is 14.7. The molecular formula is C20H46O2Si2. The van der Waals surface area contributed by atoms with Gasteiger partial charge in [-0.05, 0) is 50.1 Å². The molecule has 0 aromatic carbocycles. The predicted octanol–water partition coefficient (Wildman–Crippen LogP) is 7.37. The van der Waals surface area contributed by atoms with Gasteiger partial charge < -0.3 is 8.85 Å². The summed E-state index contributed by atoms with van der Waals surface area (Å²) in [6.07, 6.45) is 8.39. The van der Waals surface area contributed by atoms with E-state index in [1.807, 2.05) is 0 Å². The highest BCUT2D eigenvalue weighted by molar-refractivity contribution is 6.74. The van der Waals surface area contributed by atoms with Gasteiger partial charge in [0.25, 0.3) is 0 Å². The van der Waals surface area contributed by atoms with Gasteiger partial charge in [0.2, 0.25) is 0 Å². The van der Waals surface area contributed by atoms with Crippen LogP contribution in [0.2, 0.25) is 36.3 Å². The zero-order valence-corrected chi connectivity index (χ0v) is 19.7. The van der Waals surface area contributed by atoms with E-state index in [4.69, 9.17) is 8.85 Å². The Hall–Kier alpha value is 0.354. The summed E-state index contributed by atoms with van der Waals surface area (Å²) in [5, 5.41) is 0. The first-order valence-corrected chi connectivity index (χ1v) is 15.9. The van der Waals surface area contributed by atoms with Crippen molar-refractivity contribution in [1.29, 1.82) is 0 Å². The maximum Gasteiger partial charge on any atom is 0.192 e. The standard InChI is InChI=1S/C20H46O2Si2/c1-7-21-23(9-3,10-4)19-17-15-13-14-16-18-20-24(11-5,12-6)22-8-2/h7-20H2,1-6H3. The molecule has 0 N–H and O–H groups in total. The van der Waals surface area contributed by atoms with Crippen molar-refractivity contribution in [3.63, 3.8) is 0 Å². The highest BCUT2D eigenvalue weighted by atomic mass is 28.4. The van der Waals surface area contributed by atoms with Crippen LogP contribution < -0.4 is 0 Å². The molecule has 0 aromatic rings. The highest BCUT2D eigenvalue weighted by Crippen LogP contribution is 2.27. The van der Waals surface area contributed by atoms with E-state index in [1.54, 1.807) is 0 Å². The number of rotatable bonds is 17. The summed E-state index contributed by atoms with van der Waals surface area (Å²) in [6, 6.07) is 7.90. The van der Waals surface area contributed by atoms with E-state index < -0.39 is 16.6 Å². The minimum atomic E-state index is -1.37. The van der Waals surface area contributed by atoms with Crippen LogP contribution in [0, 0.1) is 0 Å². The fourth-order valence-corrected chi connectivity index (χ4v) is 10.5. The van der Waals surface area contributed by atoms with Crippen molar-refractivity contribution in [2.24, 2.45) is 0 Å². The van der Waals surface area contributed by atoms with E-state index >= 15 is 0 Å². The van der Waals surface area contributed by atoms with E-state index in [2.05, 4.69) is 41.5 Å². The summed E-state index contributed by atoms with van der Waals surface area (Å²) in [5.74, 6) is 0. The Balaban J connectivity index is 3.83. The van der Waals surface area contributed by atoms with E-state index in [-0.39, 0.29) is 0 Å². The summed E-state index contributed by atoms with van der Waals surface area (Å²) in [4.78, 5) is 0. The zero-order valence-electron chi connectivity index (χ0n) is 17.7. The van der Waals surface area contributed by atoms with Gasteiger partial charge in [-0.1, -0.05) is 66.2 Å². The Morgan fingerprint density at radius 2 is 0.750 bits per heavy atom. The van der Waals surface area contributed by atoms with E-state index in [0.29, 0.717) is 0 Å². The maximum atomic E-state index is 6.19. The molecular weight excluding hydrogens is 328 g/mol. The van der Waals surface area contributed by atoms with Crippen LogP contribution in [0.15, 0.2) is 0 Å². The molecule has 0 fully saturated rings. The molecule has 0 saturated carbocycles. The van der Waals surface area contributed by atoms with Crippen LogP contribution in [0.1, 0.15) is 80.1 Å². The quantitative estimate of drug-likeness (QED) is 0.195. The van der Waals surface area contributed by atoms with Crippen LogP contribution in [0.3, 0.4) is 0 Å². The molecule has 0 rings (SSSR count). The molecule has 0 radical (unpaired) electrons. The fraction of sp³-hybridized carbons (Fsp3) is 1.00. The van der Waals surface area contributed by atoms with Gasteiger partial charge in [0.15, 0.2) is 16.6 Å². The average molecular weight is 375 g/mol. The molecule has 0 atom stereocenters. The van der Waals surface area contributed by atoms with Crippen molar-refractivity contribution in [3.8, 4) is 0 Å². The minimum Gasteiger partial charge on any atom is -0.417 e. The largest absolute Gasteiger partial charge is 0.417 e. The van der Waals surface area contributed by atoms with Crippen LogP contribution in [-0.4, -0.2) is 29.8 Å². The molecule has 24 heavy (non-hydrogen) atoms. The molecule has 0 unspecified atom stereocenters. The molecule has 0 amide bonds. The Labute approximate surface area is 155 Å². The topological polar surface area (TPSA) is 18.5 Å². The van der Waals surface area contributed by atoms with Gasteiger partial charge in [-0.3, -0.25) is 0 Å². The number of unbranched alkanes of at least 4 members (excludes halogenated alkanes) is 5. The molecule has 0 aliphatic rings. The van der Waals surface area contributed by atoms with E-state index in [1.165, 1.54) is 74.8 Å². The van der Waals surface area contributed by atoms with Crippen LogP contribution in [0.5, 0.6) is 0 Å². The van der Waals surface area contributed by atoms with Gasteiger partial charge in [-0.25, -0.2) is 0 Å². The summed E-state index contributed by atoms with van der Waals surface area (Å²) < 4.78 is 12.4. The second kappa shape index (κ2) is 14.5. The van der Waals surface area contributed by atoms with Crippen LogP contribution in [0.25, 0.3) is 0 Å². The highest BCUT2D eigenvalue weighted by Gasteiger charge is 2.30. The van der Waals surface area contributed by atoms with Gasteiger partial charge in [-0.15, -0.1) is 0 Å². The third-order valence-corrected chi connectivity index (χ3v) is 15.5. The van der Waals surface area contributed by atoms with Crippen molar-refractivity contribution in [2.45, 2.75) is 116 Å². The zero-order chi connectivity index (χ0) is 18.3. The first-order valence-electron chi connectivity index (χ1n) is 10.8. The third-order valence-electron chi connectivity index (χ3n) is 5.99. The van der Waals surface area contributed by atoms with Crippen molar-refractivity contribution in [2.75, 3.05) is 13.2 Å². The molecule has 0 bridgehead atoms. The Bertz CT molecular complexity index is 249. The molecule has 0 aliphatic heterocycles. The molecule has 0 aliphatic carbocycles. The molecule has 0 saturated heterocycles. The molecule has 4 heteroatoms. The second-order valence-corrected chi connectivity index (χ2v) is 16.4. The lowest BCUT2D eigenvalue weighted by atomic mass is 10.1. The summed E-state index contributed by atoms with van der Waals surface area (Å²) in [7, 11) is -2.75. The van der Waals surface area contributed by atoms with Gasteiger partial charge in [0, 0.05) is 13.2 Å². The first-order chi connectivity index (χ1) is 11.6. The van der Waals surface area contributed by atoms with E-state index in [9.17, 15) is 0 Å². The Morgan fingerprint density at radius 3 is 1.00 bits per heavy atom. The van der Waals surface area contributed by atoms with E-state index in [0.717, 1.165) is 13.2 Å². The Morgan fingerprint density at radius 1 is 0.458 bits per heavy atom. The lowest BCUT2D eigenvalue weighted by Crippen LogP contribution is -2.36. The normalized spacial score (nSPS) is 12.8. The van der Waals surface area contributed by atoms with Crippen LogP contribution in [0.4, 0.5) is 0 Å². The van der Waals surface area contributed by atoms with Gasteiger partial charge in [0.05, 0.1) is 0 Å². The first kappa shape index (κ1) is 24.4. The summed E-state index contributed by atoms with van der Waals surface area (Å²) in [5.41, 5.74) is 0. The molecule has 0 spiro atoms. The number of hydrogen-bond acceptors (Lipinski definition) is 2. The van der Waals surface area contributed by atoms with Gasteiger partial charge >= 0.3 is 0 Å². The molecule has 0 aromatic heterocycles. The third kappa shape index (κ3) is 9.16. The van der Waals surface area contributed by atoms with Crippen molar-refractivity contribution in [1.82, 2.24) is 0 Å². The lowest BCUT2D eigenvalue weighted by Gasteiger charge is -2.29. The van der Waals surface area contributed by atoms with Crippen LogP contribution >= 0.6 is 0 Å². The number of hydrogen-bond donors (Lipinski definition) is 0. The van der Waals surface area contributed by atoms with Gasteiger partial charge in [-0.2, -0.15) is 0 Å². The minimum absolute atomic E-state index is 0.911. The smallest absolute Gasteiger partial charge is 0.192 e. The summed E-state index contributed by atoms with van der Waals surface area (Å²) >= 11 is 0. The summed E-state index contributed by atoms with van der Waals surface area (Å²) in [6.45, 7) is 15.5. The van der Waals surface area contributed by atoms with Gasteiger partial charge in [0.1, 0.15) is 0 Å². The average Bonchev–Trinajstić information content (AvgIpc) is 2.62. The maximum absolute atomic E-state index is 6.19. The molecule has 2 nitrogen and oxygen atoms in total. The second-order valence-electron chi connectivity index (χ2n) is 7.27. The van der Waals surface area contributed by atoms with Crippen molar-refractivity contribution in [3.05, 3.63) is 0 Å². The van der Waals surface area contributed by atoms with Crippen molar-refractivity contribution >= 4 is 16.6 Å². The monoisotopic (exact) mass is 374 g/mol. The fourth-order valence-electron chi connectivity index (χ4n) is 3.97. The molecule has 146 valence electrons. The SMILES string of the molecule is CCO[Si](CC)(CC)CCCCCCCC[Si](CC)(CC)OCC. The van der Waals surface area contributed by atoms with Crippen molar-refractivity contribution < 1.29 is 8.85 Å². The predicted molar refractivity (Wildman–Crippen MR) is 114 cm³/mol.